The third-order valence-corrected chi connectivity index (χ3v) is 4.02. The SMILES string of the molecule is CNC1CCN(Cc2coc(-c3ccc(F)cc3)n2)CC1.Cl. The highest BCUT2D eigenvalue weighted by atomic mass is 35.5. The van der Waals surface area contributed by atoms with Crippen LogP contribution in [0.2, 0.25) is 0 Å². The zero-order valence-electron chi connectivity index (χ0n) is 12.6. The molecule has 120 valence electrons. The maximum atomic E-state index is 12.9. The van der Waals surface area contributed by atoms with Gasteiger partial charge in [0.1, 0.15) is 12.1 Å². The number of benzene rings is 1. The Morgan fingerprint density at radius 1 is 1.27 bits per heavy atom. The van der Waals surface area contributed by atoms with Gasteiger partial charge in [-0.1, -0.05) is 0 Å². The van der Waals surface area contributed by atoms with E-state index in [0.717, 1.165) is 30.9 Å². The predicted molar refractivity (Wildman–Crippen MR) is 86.5 cm³/mol. The number of oxazole rings is 1. The van der Waals surface area contributed by atoms with E-state index in [1.54, 1.807) is 18.4 Å². The molecule has 1 aliphatic heterocycles. The third kappa shape index (κ3) is 4.06. The van der Waals surface area contributed by atoms with Gasteiger partial charge < -0.3 is 9.73 Å². The molecule has 0 bridgehead atoms. The van der Waals surface area contributed by atoms with Crippen molar-refractivity contribution in [3.05, 3.63) is 42.0 Å². The van der Waals surface area contributed by atoms with E-state index < -0.39 is 0 Å². The van der Waals surface area contributed by atoms with Gasteiger partial charge in [0.05, 0.1) is 5.69 Å². The minimum atomic E-state index is -0.252. The van der Waals surface area contributed by atoms with Crippen LogP contribution >= 0.6 is 12.4 Å². The fraction of sp³-hybridized carbons (Fsp3) is 0.438. The molecule has 4 nitrogen and oxygen atoms in total. The summed E-state index contributed by atoms with van der Waals surface area (Å²) in [5.74, 6) is 0.299. The fourth-order valence-electron chi connectivity index (χ4n) is 2.71. The average molecular weight is 326 g/mol. The Balaban J connectivity index is 0.00000176. The van der Waals surface area contributed by atoms with E-state index in [4.69, 9.17) is 4.42 Å². The van der Waals surface area contributed by atoms with Gasteiger partial charge in [0.25, 0.3) is 0 Å². The number of piperidine rings is 1. The second kappa shape index (κ2) is 7.72. The number of nitrogens with one attached hydrogen (secondary N) is 1. The Hall–Kier alpha value is -1.43. The lowest BCUT2D eigenvalue weighted by Gasteiger charge is -2.31. The van der Waals surface area contributed by atoms with E-state index in [1.807, 2.05) is 7.05 Å². The first kappa shape index (κ1) is 16.9. The topological polar surface area (TPSA) is 41.3 Å². The van der Waals surface area contributed by atoms with Crippen molar-refractivity contribution < 1.29 is 8.81 Å². The molecular weight excluding hydrogens is 305 g/mol. The Labute approximate surface area is 136 Å². The maximum Gasteiger partial charge on any atom is 0.226 e. The number of halogens is 2. The molecule has 1 N–H and O–H groups in total. The molecule has 2 heterocycles. The monoisotopic (exact) mass is 325 g/mol. The fourth-order valence-corrected chi connectivity index (χ4v) is 2.71. The summed E-state index contributed by atoms with van der Waals surface area (Å²) in [6.07, 6.45) is 4.03. The molecule has 1 aromatic heterocycles. The molecule has 22 heavy (non-hydrogen) atoms. The molecular formula is C16H21ClFN3O. The summed E-state index contributed by atoms with van der Waals surface area (Å²) in [6.45, 7) is 2.95. The zero-order chi connectivity index (χ0) is 14.7. The first-order chi connectivity index (χ1) is 10.2. The zero-order valence-corrected chi connectivity index (χ0v) is 13.4. The highest BCUT2D eigenvalue weighted by Gasteiger charge is 2.19. The number of rotatable bonds is 4. The van der Waals surface area contributed by atoms with E-state index in [9.17, 15) is 4.39 Å². The van der Waals surface area contributed by atoms with Gasteiger partial charge >= 0.3 is 0 Å². The summed E-state index contributed by atoms with van der Waals surface area (Å²) < 4.78 is 18.4. The highest BCUT2D eigenvalue weighted by Crippen LogP contribution is 2.20. The van der Waals surface area contributed by atoms with E-state index in [0.29, 0.717) is 11.9 Å². The lowest BCUT2D eigenvalue weighted by molar-refractivity contribution is 0.192. The van der Waals surface area contributed by atoms with Crippen LogP contribution in [0, 0.1) is 5.82 Å². The quantitative estimate of drug-likeness (QED) is 0.938. The van der Waals surface area contributed by atoms with E-state index >= 15 is 0 Å². The molecule has 1 aromatic carbocycles. The van der Waals surface area contributed by atoms with Crippen LogP contribution in [0.1, 0.15) is 18.5 Å². The van der Waals surface area contributed by atoms with Crippen LogP contribution in [0.25, 0.3) is 11.5 Å². The number of hydrogen-bond acceptors (Lipinski definition) is 4. The molecule has 6 heteroatoms. The molecule has 0 radical (unpaired) electrons. The normalized spacial score (nSPS) is 16.5. The minimum absolute atomic E-state index is 0. The minimum Gasteiger partial charge on any atom is -0.444 e. The van der Waals surface area contributed by atoms with Crippen molar-refractivity contribution in [3.63, 3.8) is 0 Å². The van der Waals surface area contributed by atoms with Crippen LogP contribution in [0.4, 0.5) is 4.39 Å². The van der Waals surface area contributed by atoms with Crippen molar-refractivity contribution in [2.24, 2.45) is 0 Å². The Bertz CT molecular complexity index is 579. The third-order valence-electron chi connectivity index (χ3n) is 4.02. The molecule has 1 saturated heterocycles. The molecule has 0 spiro atoms. The Kier molecular flexibility index (Phi) is 5.94. The van der Waals surface area contributed by atoms with E-state index in [-0.39, 0.29) is 18.2 Å². The van der Waals surface area contributed by atoms with Crippen molar-refractivity contribution in [2.45, 2.75) is 25.4 Å². The number of nitrogens with zero attached hydrogens (tertiary/aromatic N) is 2. The summed E-state index contributed by atoms with van der Waals surface area (Å²) in [5.41, 5.74) is 1.73. The Morgan fingerprint density at radius 3 is 2.59 bits per heavy atom. The van der Waals surface area contributed by atoms with Crippen molar-refractivity contribution >= 4 is 12.4 Å². The highest BCUT2D eigenvalue weighted by molar-refractivity contribution is 5.85. The van der Waals surface area contributed by atoms with Gasteiger partial charge in [-0.05, 0) is 44.2 Å². The summed E-state index contributed by atoms with van der Waals surface area (Å²) in [6, 6.07) is 6.84. The molecule has 2 aromatic rings. The van der Waals surface area contributed by atoms with Crippen molar-refractivity contribution in [1.82, 2.24) is 15.2 Å². The molecule has 0 aliphatic carbocycles. The maximum absolute atomic E-state index is 12.9. The summed E-state index contributed by atoms with van der Waals surface area (Å²) >= 11 is 0. The standard InChI is InChI=1S/C16H20FN3O.ClH/c1-18-14-6-8-20(9-7-14)10-15-11-21-16(19-15)12-2-4-13(17)5-3-12;/h2-5,11,14,18H,6-10H2,1H3;1H. The number of likely N-dealkylation sites (tertiary alicyclic amines) is 1. The predicted octanol–water partition coefficient (Wildman–Crippen LogP) is 3.09. The van der Waals surface area contributed by atoms with Gasteiger partial charge in [-0.3, -0.25) is 4.90 Å². The lowest BCUT2D eigenvalue weighted by atomic mass is 10.1. The van der Waals surface area contributed by atoms with Gasteiger partial charge in [0, 0.05) is 31.2 Å². The summed E-state index contributed by atoms with van der Waals surface area (Å²) in [7, 11) is 2.02. The first-order valence-electron chi connectivity index (χ1n) is 7.34. The van der Waals surface area contributed by atoms with Gasteiger partial charge in [-0.2, -0.15) is 0 Å². The van der Waals surface area contributed by atoms with Crippen LogP contribution in [-0.4, -0.2) is 36.1 Å². The molecule has 0 atom stereocenters. The summed E-state index contributed by atoms with van der Waals surface area (Å²) in [5, 5.41) is 3.33. The van der Waals surface area contributed by atoms with Crippen molar-refractivity contribution in [1.29, 1.82) is 0 Å². The van der Waals surface area contributed by atoms with Gasteiger partial charge in [-0.25, -0.2) is 9.37 Å². The van der Waals surface area contributed by atoms with E-state index in [2.05, 4.69) is 15.2 Å². The Morgan fingerprint density at radius 2 is 1.95 bits per heavy atom. The number of hydrogen-bond donors (Lipinski definition) is 1. The summed E-state index contributed by atoms with van der Waals surface area (Å²) in [4.78, 5) is 6.89. The lowest BCUT2D eigenvalue weighted by Crippen LogP contribution is -2.40. The second-order valence-corrected chi connectivity index (χ2v) is 5.49. The van der Waals surface area contributed by atoms with Crippen LogP contribution in [-0.2, 0) is 6.54 Å². The van der Waals surface area contributed by atoms with E-state index in [1.165, 1.54) is 25.0 Å². The van der Waals surface area contributed by atoms with Crippen LogP contribution in [0.15, 0.2) is 34.9 Å². The molecule has 1 aliphatic rings. The number of aromatic nitrogens is 1. The molecule has 1 fully saturated rings. The van der Waals surface area contributed by atoms with Crippen molar-refractivity contribution in [3.8, 4) is 11.5 Å². The largest absolute Gasteiger partial charge is 0.444 e. The van der Waals surface area contributed by atoms with Gasteiger partial charge in [-0.15, -0.1) is 12.4 Å². The molecule has 0 amide bonds. The first-order valence-corrected chi connectivity index (χ1v) is 7.34. The van der Waals surface area contributed by atoms with Crippen LogP contribution in [0.5, 0.6) is 0 Å². The smallest absolute Gasteiger partial charge is 0.226 e. The molecule has 3 rings (SSSR count). The molecule has 0 unspecified atom stereocenters. The molecule has 0 saturated carbocycles. The van der Waals surface area contributed by atoms with Crippen LogP contribution in [0.3, 0.4) is 0 Å². The van der Waals surface area contributed by atoms with Gasteiger partial charge in [0.2, 0.25) is 5.89 Å². The second-order valence-electron chi connectivity index (χ2n) is 5.49. The average Bonchev–Trinajstić information content (AvgIpc) is 2.97. The van der Waals surface area contributed by atoms with Crippen LogP contribution < -0.4 is 5.32 Å². The van der Waals surface area contributed by atoms with Crippen molar-refractivity contribution in [2.75, 3.05) is 20.1 Å². The van der Waals surface area contributed by atoms with Gasteiger partial charge in [0.15, 0.2) is 0 Å².